The molecule has 1 fully saturated rings. The van der Waals surface area contributed by atoms with Crippen LogP contribution >= 0.6 is 0 Å². The van der Waals surface area contributed by atoms with E-state index in [1.165, 1.54) is 0 Å². The summed E-state index contributed by atoms with van der Waals surface area (Å²) in [6, 6.07) is 0. The third-order valence-corrected chi connectivity index (χ3v) is 2.12. The Morgan fingerprint density at radius 2 is 2.42 bits per heavy atom. The van der Waals surface area contributed by atoms with Gasteiger partial charge in [-0.05, 0) is 0 Å². The zero-order chi connectivity index (χ0) is 8.44. The zero-order valence-corrected chi connectivity index (χ0v) is 6.68. The molecule has 0 radical (unpaired) electrons. The standard InChI is InChI=1S/C7H11N3O2/c11-4-7(5-12-6-7)3-10-2-1-8-9-10/h1-2,11H,3-6H2. The Morgan fingerprint density at radius 1 is 1.58 bits per heavy atom. The van der Waals surface area contributed by atoms with Gasteiger partial charge in [0.05, 0.1) is 38.0 Å². The molecule has 1 aliphatic rings. The summed E-state index contributed by atoms with van der Waals surface area (Å²) in [5, 5.41) is 16.6. The van der Waals surface area contributed by atoms with Crippen molar-refractivity contribution in [3.8, 4) is 0 Å². The summed E-state index contributed by atoms with van der Waals surface area (Å²) in [5.74, 6) is 0. The topological polar surface area (TPSA) is 60.2 Å². The SMILES string of the molecule is OCC1(Cn2ccnn2)COC1. The smallest absolute Gasteiger partial charge is 0.0692 e. The Balaban J connectivity index is 2.01. The lowest BCUT2D eigenvalue weighted by atomic mass is 9.87. The summed E-state index contributed by atoms with van der Waals surface area (Å²) in [5.41, 5.74) is -0.117. The van der Waals surface area contributed by atoms with Crippen LogP contribution in [0.5, 0.6) is 0 Å². The summed E-state index contributed by atoms with van der Waals surface area (Å²) in [4.78, 5) is 0. The van der Waals surface area contributed by atoms with Crippen LogP contribution in [0.2, 0.25) is 0 Å². The highest BCUT2D eigenvalue weighted by molar-refractivity contribution is 4.85. The van der Waals surface area contributed by atoms with Crippen LogP contribution in [0.25, 0.3) is 0 Å². The first kappa shape index (κ1) is 7.70. The van der Waals surface area contributed by atoms with Gasteiger partial charge in [0.15, 0.2) is 0 Å². The number of hydrogen-bond acceptors (Lipinski definition) is 4. The van der Waals surface area contributed by atoms with Crippen molar-refractivity contribution in [1.82, 2.24) is 15.0 Å². The molecule has 0 atom stereocenters. The predicted molar refractivity (Wildman–Crippen MR) is 40.4 cm³/mol. The number of hydrogen-bond donors (Lipinski definition) is 1. The molecule has 2 heterocycles. The third-order valence-electron chi connectivity index (χ3n) is 2.12. The largest absolute Gasteiger partial charge is 0.396 e. The summed E-state index contributed by atoms with van der Waals surface area (Å²) in [6.45, 7) is 2.06. The van der Waals surface area contributed by atoms with E-state index in [1.807, 2.05) is 0 Å². The van der Waals surface area contributed by atoms with Crippen molar-refractivity contribution in [3.63, 3.8) is 0 Å². The molecule has 0 saturated carbocycles. The Morgan fingerprint density at radius 3 is 2.83 bits per heavy atom. The summed E-state index contributed by atoms with van der Waals surface area (Å²) >= 11 is 0. The summed E-state index contributed by atoms with van der Waals surface area (Å²) in [7, 11) is 0. The van der Waals surface area contributed by atoms with Gasteiger partial charge in [0.25, 0.3) is 0 Å². The van der Waals surface area contributed by atoms with Crippen LogP contribution in [-0.4, -0.2) is 39.9 Å². The van der Waals surface area contributed by atoms with Crippen LogP contribution in [0.4, 0.5) is 0 Å². The highest BCUT2D eigenvalue weighted by atomic mass is 16.5. The van der Waals surface area contributed by atoms with Crippen LogP contribution < -0.4 is 0 Å². The van der Waals surface area contributed by atoms with E-state index in [4.69, 9.17) is 9.84 Å². The van der Waals surface area contributed by atoms with Crippen LogP contribution in [0.15, 0.2) is 12.4 Å². The summed E-state index contributed by atoms with van der Waals surface area (Å²) in [6.07, 6.45) is 3.42. The molecule has 1 aliphatic heterocycles. The lowest BCUT2D eigenvalue weighted by molar-refractivity contribution is -0.146. The molecule has 5 heteroatoms. The van der Waals surface area contributed by atoms with Gasteiger partial charge >= 0.3 is 0 Å². The van der Waals surface area contributed by atoms with Gasteiger partial charge in [-0.2, -0.15) is 0 Å². The number of aliphatic hydroxyl groups is 1. The average molecular weight is 169 g/mol. The van der Waals surface area contributed by atoms with Crippen molar-refractivity contribution >= 4 is 0 Å². The van der Waals surface area contributed by atoms with Crippen molar-refractivity contribution < 1.29 is 9.84 Å². The van der Waals surface area contributed by atoms with Gasteiger partial charge in [0.1, 0.15) is 0 Å². The molecule has 1 aromatic rings. The molecule has 5 nitrogen and oxygen atoms in total. The van der Waals surface area contributed by atoms with E-state index in [0.29, 0.717) is 19.8 Å². The molecule has 0 amide bonds. The Labute approximate surface area is 70.0 Å². The van der Waals surface area contributed by atoms with Gasteiger partial charge in [-0.3, -0.25) is 4.68 Å². The predicted octanol–water partition coefficient (Wildman–Crippen LogP) is -0.713. The van der Waals surface area contributed by atoms with Gasteiger partial charge in [-0.15, -0.1) is 5.10 Å². The molecule has 0 unspecified atom stereocenters. The molecule has 12 heavy (non-hydrogen) atoms. The number of ether oxygens (including phenoxy) is 1. The first-order chi connectivity index (χ1) is 5.85. The number of aromatic nitrogens is 3. The van der Waals surface area contributed by atoms with E-state index >= 15 is 0 Å². The van der Waals surface area contributed by atoms with Crippen LogP contribution in [0.3, 0.4) is 0 Å². The van der Waals surface area contributed by atoms with Gasteiger partial charge in [-0.25, -0.2) is 0 Å². The van der Waals surface area contributed by atoms with Crippen molar-refractivity contribution in [1.29, 1.82) is 0 Å². The van der Waals surface area contributed by atoms with Crippen LogP contribution in [0, 0.1) is 5.41 Å². The molecule has 1 aromatic heterocycles. The second kappa shape index (κ2) is 2.84. The van der Waals surface area contributed by atoms with E-state index in [1.54, 1.807) is 17.1 Å². The maximum Gasteiger partial charge on any atom is 0.0692 e. The highest BCUT2D eigenvalue weighted by Crippen LogP contribution is 2.28. The van der Waals surface area contributed by atoms with E-state index in [0.717, 1.165) is 0 Å². The highest BCUT2D eigenvalue weighted by Gasteiger charge is 2.38. The first-order valence-corrected chi connectivity index (χ1v) is 3.87. The Hall–Kier alpha value is -0.940. The van der Waals surface area contributed by atoms with Gasteiger partial charge in [0.2, 0.25) is 0 Å². The molecule has 1 N–H and O–H groups in total. The van der Waals surface area contributed by atoms with E-state index < -0.39 is 0 Å². The molecule has 2 rings (SSSR count). The number of aliphatic hydroxyl groups excluding tert-OH is 1. The fourth-order valence-electron chi connectivity index (χ4n) is 1.28. The van der Waals surface area contributed by atoms with Crippen molar-refractivity contribution in [3.05, 3.63) is 12.4 Å². The van der Waals surface area contributed by atoms with E-state index in [2.05, 4.69) is 10.3 Å². The van der Waals surface area contributed by atoms with Gasteiger partial charge in [-0.1, -0.05) is 5.21 Å². The first-order valence-electron chi connectivity index (χ1n) is 3.87. The Kier molecular flexibility index (Phi) is 1.82. The van der Waals surface area contributed by atoms with Crippen LogP contribution in [0.1, 0.15) is 0 Å². The second-order valence-corrected chi connectivity index (χ2v) is 3.25. The molecule has 0 aromatic carbocycles. The fraction of sp³-hybridized carbons (Fsp3) is 0.714. The molecular weight excluding hydrogens is 158 g/mol. The maximum atomic E-state index is 9.09. The van der Waals surface area contributed by atoms with Gasteiger partial charge < -0.3 is 9.84 Å². The minimum absolute atomic E-state index is 0.117. The quantitative estimate of drug-likeness (QED) is 0.649. The van der Waals surface area contributed by atoms with Crippen molar-refractivity contribution in [2.45, 2.75) is 6.54 Å². The second-order valence-electron chi connectivity index (χ2n) is 3.25. The normalized spacial score (nSPS) is 20.4. The molecule has 66 valence electrons. The summed E-state index contributed by atoms with van der Waals surface area (Å²) < 4.78 is 6.78. The molecular formula is C7H11N3O2. The van der Waals surface area contributed by atoms with Crippen molar-refractivity contribution in [2.75, 3.05) is 19.8 Å². The molecule has 1 saturated heterocycles. The monoisotopic (exact) mass is 169 g/mol. The molecule has 0 spiro atoms. The fourth-order valence-corrected chi connectivity index (χ4v) is 1.28. The maximum absolute atomic E-state index is 9.09. The lowest BCUT2D eigenvalue weighted by Gasteiger charge is -2.39. The van der Waals surface area contributed by atoms with Crippen molar-refractivity contribution in [2.24, 2.45) is 5.41 Å². The van der Waals surface area contributed by atoms with Crippen LogP contribution in [-0.2, 0) is 11.3 Å². The number of rotatable bonds is 3. The number of nitrogens with zero attached hydrogens (tertiary/aromatic N) is 3. The molecule has 0 bridgehead atoms. The average Bonchev–Trinajstić information content (AvgIpc) is 2.49. The lowest BCUT2D eigenvalue weighted by Crippen LogP contribution is -2.48. The third kappa shape index (κ3) is 1.21. The molecule has 0 aliphatic carbocycles. The zero-order valence-electron chi connectivity index (χ0n) is 6.68. The van der Waals surface area contributed by atoms with E-state index in [-0.39, 0.29) is 12.0 Å². The Bertz CT molecular complexity index is 238. The minimum atomic E-state index is -0.117. The van der Waals surface area contributed by atoms with Gasteiger partial charge in [0, 0.05) is 6.20 Å². The minimum Gasteiger partial charge on any atom is -0.396 e. The van der Waals surface area contributed by atoms with E-state index in [9.17, 15) is 0 Å².